The van der Waals surface area contributed by atoms with Crippen molar-refractivity contribution in [1.82, 2.24) is 16.0 Å². The summed E-state index contributed by atoms with van der Waals surface area (Å²) in [6.07, 6.45) is 17.4. The Balaban J connectivity index is 3.84. The van der Waals surface area contributed by atoms with Crippen LogP contribution in [0.4, 0.5) is 0 Å². The van der Waals surface area contributed by atoms with Gasteiger partial charge in [0.25, 0.3) is 0 Å². The van der Waals surface area contributed by atoms with Crippen molar-refractivity contribution in [2.45, 2.75) is 147 Å². The molecular formula is C31H54N4O10. The van der Waals surface area contributed by atoms with Gasteiger partial charge in [0.1, 0.15) is 12.1 Å². The number of amides is 3. The molecule has 0 bridgehead atoms. The van der Waals surface area contributed by atoms with Gasteiger partial charge in [-0.15, -0.1) is 0 Å². The van der Waals surface area contributed by atoms with E-state index >= 15 is 0 Å². The fourth-order valence-electron chi connectivity index (χ4n) is 4.79. The number of carbonyl (C=O) groups is 6. The van der Waals surface area contributed by atoms with E-state index in [-0.39, 0.29) is 38.6 Å². The molecule has 6 N–H and O–H groups in total. The molecule has 14 heteroatoms. The molecule has 0 saturated heterocycles. The molecule has 0 aromatic carbocycles. The van der Waals surface area contributed by atoms with E-state index < -0.39 is 54.3 Å². The van der Waals surface area contributed by atoms with Crippen LogP contribution in [0.5, 0.6) is 0 Å². The summed E-state index contributed by atoms with van der Waals surface area (Å²) in [4.78, 5) is 79.4. The Bertz CT molecular complexity index is 900. The van der Waals surface area contributed by atoms with Crippen LogP contribution in [0.1, 0.15) is 135 Å². The first-order chi connectivity index (χ1) is 21.6. The van der Waals surface area contributed by atoms with Gasteiger partial charge in [-0.25, -0.2) is 9.59 Å². The third-order valence-corrected chi connectivity index (χ3v) is 7.43. The van der Waals surface area contributed by atoms with Crippen LogP contribution in [0.2, 0.25) is 0 Å². The molecule has 0 aliphatic heterocycles. The number of nitrogens with zero attached hydrogens (tertiary/aromatic N) is 1. The maximum absolute atomic E-state index is 12.2. The Hall–Kier alpha value is -3.58. The monoisotopic (exact) mass is 642 g/mol. The van der Waals surface area contributed by atoms with Crippen molar-refractivity contribution in [2.24, 2.45) is 5.18 Å². The second-order valence-electron chi connectivity index (χ2n) is 11.4. The summed E-state index contributed by atoms with van der Waals surface area (Å²) >= 11 is 0. The van der Waals surface area contributed by atoms with Crippen molar-refractivity contribution in [1.29, 1.82) is 0 Å². The molecule has 0 heterocycles. The van der Waals surface area contributed by atoms with Gasteiger partial charge in [-0.05, 0) is 19.3 Å². The third-order valence-electron chi connectivity index (χ3n) is 7.43. The van der Waals surface area contributed by atoms with Crippen LogP contribution >= 0.6 is 0 Å². The Kier molecular flexibility index (Phi) is 25.7. The summed E-state index contributed by atoms with van der Waals surface area (Å²) < 4.78 is 0. The highest BCUT2D eigenvalue weighted by Crippen LogP contribution is 2.14. The number of carboxylic acids is 3. The summed E-state index contributed by atoms with van der Waals surface area (Å²) in [6.45, 7) is -0.821. The van der Waals surface area contributed by atoms with Crippen LogP contribution < -0.4 is 16.0 Å². The zero-order chi connectivity index (χ0) is 33.7. The molecule has 0 fully saturated rings. The van der Waals surface area contributed by atoms with Gasteiger partial charge in [-0.1, -0.05) is 95.1 Å². The molecule has 0 aliphatic carbocycles. The van der Waals surface area contributed by atoms with Gasteiger partial charge in [0.15, 0.2) is 0 Å². The average Bonchev–Trinajstić information content (AvgIpc) is 2.99. The van der Waals surface area contributed by atoms with Gasteiger partial charge in [-0.2, -0.15) is 4.91 Å². The van der Waals surface area contributed by atoms with Crippen LogP contribution in [-0.2, 0) is 28.8 Å². The smallest absolute Gasteiger partial charge is 0.326 e. The summed E-state index contributed by atoms with van der Waals surface area (Å²) in [6, 6.07) is -2.57. The van der Waals surface area contributed by atoms with Crippen molar-refractivity contribution in [3.63, 3.8) is 0 Å². The predicted octanol–water partition coefficient (Wildman–Crippen LogP) is 4.28. The Morgan fingerprint density at radius 2 is 0.889 bits per heavy atom. The Morgan fingerprint density at radius 1 is 0.489 bits per heavy atom. The van der Waals surface area contributed by atoms with E-state index in [4.69, 9.17) is 10.2 Å². The lowest BCUT2D eigenvalue weighted by atomic mass is 10.0. The SMILES string of the molecule is O=NCCC(NC(=O)CNC(=O)CCC(NC(=O)CCCCCCCCCCCCCCCCCCC(=O)O)C(=O)O)C(=O)O. The van der Waals surface area contributed by atoms with Crippen molar-refractivity contribution in [3.8, 4) is 0 Å². The first-order valence-corrected chi connectivity index (χ1v) is 16.4. The number of aliphatic carboxylic acids is 3. The zero-order valence-corrected chi connectivity index (χ0v) is 26.6. The predicted molar refractivity (Wildman–Crippen MR) is 167 cm³/mol. The van der Waals surface area contributed by atoms with E-state index in [2.05, 4.69) is 21.1 Å². The number of hydrogen-bond acceptors (Lipinski definition) is 8. The minimum Gasteiger partial charge on any atom is -0.481 e. The summed E-state index contributed by atoms with van der Waals surface area (Å²) in [5, 5.41) is 36.5. The number of carbonyl (C=O) groups excluding carboxylic acids is 3. The number of nitrogens with one attached hydrogen (secondary N) is 3. The van der Waals surface area contributed by atoms with Crippen molar-refractivity contribution < 1.29 is 44.1 Å². The van der Waals surface area contributed by atoms with Gasteiger partial charge in [0.2, 0.25) is 17.7 Å². The second kappa shape index (κ2) is 27.9. The fraction of sp³-hybridized carbons (Fsp3) is 0.806. The first-order valence-electron chi connectivity index (χ1n) is 16.4. The molecule has 0 saturated carbocycles. The Labute approximate surface area is 265 Å². The average molecular weight is 643 g/mol. The summed E-state index contributed by atoms with van der Waals surface area (Å²) in [5.74, 6) is -5.14. The molecule has 2 unspecified atom stereocenters. The standard InChI is InChI=1S/C31H54N4O10/c36-26(32-23-28(38)35-25(31(43)44)21-22-33-45)20-19-24(30(41)42)34-27(37)17-15-13-11-9-7-5-3-1-2-4-6-8-10-12-14-16-18-29(39)40/h24-25H,1-23H2,(H,32,36)(H,34,37)(H,35,38)(H,39,40)(H,41,42)(H,43,44). The van der Waals surface area contributed by atoms with Gasteiger partial charge in [0.05, 0.1) is 13.1 Å². The number of carboxylic acid groups (broad SMARTS) is 3. The van der Waals surface area contributed by atoms with Crippen LogP contribution in [0.3, 0.4) is 0 Å². The van der Waals surface area contributed by atoms with E-state index in [0.29, 0.717) is 6.42 Å². The fourth-order valence-corrected chi connectivity index (χ4v) is 4.79. The third kappa shape index (κ3) is 26.5. The highest BCUT2D eigenvalue weighted by molar-refractivity contribution is 5.88. The number of unbranched alkanes of at least 4 members (excludes halogenated alkanes) is 15. The lowest BCUT2D eigenvalue weighted by Gasteiger charge is -2.15. The van der Waals surface area contributed by atoms with Crippen molar-refractivity contribution in [3.05, 3.63) is 4.91 Å². The van der Waals surface area contributed by atoms with Crippen molar-refractivity contribution >= 4 is 35.6 Å². The lowest BCUT2D eigenvalue weighted by molar-refractivity contribution is -0.142. The van der Waals surface area contributed by atoms with Crippen molar-refractivity contribution in [2.75, 3.05) is 13.1 Å². The molecule has 0 aromatic rings. The number of rotatable bonds is 31. The summed E-state index contributed by atoms with van der Waals surface area (Å²) in [5.41, 5.74) is 0. The molecule has 2 atom stereocenters. The highest BCUT2D eigenvalue weighted by atomic mass is 16.4. The molecule has 0 radical (unpaired) electrons. The molecule has 14 nitrogen and oxygen atoms in total. The van der Waals surface area contributed by atoms with Gasteiger partial charge in [0, 0.05) is 25.7 Å². The maximum Gasteiger partial charge on any atom is 0.326 e. The normalized spacial score (nSPS) is 12.1. The molecule has 0 aliphatic rings. The number of hydrogen-bond donors (Lipinski definition) is 6. The van der Waals surface area contributed by atoms with Gasteiger partial charge >= 0.3 is 17.9 Å². The first kappa shape index (κ1) is 41.4. The molecule has 45 heavy (non-hydrogen) atoms. The quantitative estimate of drug-likeness (QED) is 0.0464. The number of nitroso groups, excluding NO2 is 1. The van der Waals surface area contributed by atoms with Gasteiger partial charge in [-0.3, -0.25) is 19.2 Å². The molecule has 0 spiro atoms. The Morgan fingerprint density at radius 3 is 1.31 bits per heavy atom. The van der Waals surface area contributed by atoms with E-state index in [1.54, 1.807) is 0 Å². The molecule has 258 valence electrons. The zero-order valence-electron chi connectivity index (χ0n) is 26.6. The van der Waals surface area contributed by atoms with Gasteiger partial charge < -0.3 is 31.3 Å². The molecule has 0 rings (SSSR count). The van der Waals surface area contributed by atoms with E-state index in [0.717, 1.165) is 44.9 Å². The molecular weight excluding hydrogens is 588 g/mol. The van der Waals surface area contributed by atoms with Crippen LogP contribution in [0.25, 0.3) is 0 Å². The summed E-state index contributed by atoms with van der Waals surface area (Å²) in [7, 11) is 0. The van der Waals surface area contributed by atoms with Crippen LogP contribution in [0, 0.1) is 4.91 Å². The second-order valence-corrected chi connectivity index (χ2v) is 11.4. The topological polar surface area (TPSA) is 229 Å². The van der Waals surface area contributed by atoms with Crippen LogP contribution in [-0.4, -0.2) is 76.1 Å². The minimum absolute atomic E-state index is 0.173. The molecule has 3 amide bonds. The van der Waals surface area contributed by atoms with E-state index in [9.17, 15) is 38.8 Å². The van der Waals surface area contributed by atoms with E-state index in [1.807, 2.05) is 0 Å². The molecule has 0 aromatic heterocycles. The lowest BCUT2D eigenvalue weighted by Crippen LogP contribution is -2.46. The maximum atomic E-state index is 12.2. The largest absolute Gasteiger partial charge is 0.481 e. The highest BCUT2D eigenvalue weighted by Gasteiger charge is 2.22. The minimum atomic E-state index is -1.34. The van der Waals surface area contributed by atoms with Crippen LogP contribution in [0.15, 0.2) is 5.18 Å². The van der Waals surface area contributed by atoms with E-state index in [1.165, 1.54) is 51.4 Å².